The standard InChI is InChI=1S/C9H21NS/c1-5-11-8-6-7-9(2,3)10-4/h10H,5-8H2,1-4H3. The molecule has 0 aliphatic rings. The van der Waals surface area contributed by atoms with E-state index in [0.717, 1.165) is 0 Å². The molecule has 0 aliphatic heterocycles. The van der Waals surface area contributed by atoms with Crippen molar-refractivity contribution in [3.63, 3.8) is 0 Å². The van der Waals surface area contributed by atoms with Crippen LogP contribution < -0.4 is 5.32 Å². The molecule has 0 unspecified atom stereocenters. The highest BCUT2D eigenvalue weighted by atomic mass is 32.2. The lowest BCUT2D eigenvalue weighted by Crippen LogP contribution is -2.35. The van der Waals surface area contributed by atoms with Gasteiger partial charge in [-0.1, -0.05) is 6.92 Å². The van der Waals surface area contributed by atoms with Crippen molar-refractivity contribution < 1.29 is 0 Å². The third kappa shape index (κ3) is 6.70. The number of hydrogen-bond acceptors (Lipinski definition) is 2. The summed E-state index contributed by atoms with van der Waals surface area (Å²) in [5.74, 6) is 2.56. The minimum Gasteiger partial charge on any atom is -0.315 e. The van der Waals surface area contributed by atoms with Gasteiger partial charge in [-0.2, -0.15) is 11.8 Å². The smallest absolute Gasteiger partial charge is 0.0122 e. The molecule has 0 aromatic heterocycles. The lowest BCUT2D eigenvalue weighted by molar-refractivity contribution is 0.390. The highest BCUT2D eigenvalue weighted by molar-refractivity contribution is 7.99. The molecule has 2 heteroatoms. The topological polar surface area (TPSA) is 12.0 Å². The summed E-state index contributed by atoms with van der Waals surface area (Å²) in [4.78, 5) is 0. The molecule has 0 heterocycles. The predicted octanol–water partition coefficient (Wildman–Crippen LogP) is 2.52. The van der Waals surface area contributed by atoms with Gasteiger partial charge in [0.2, 0.25) is 0 Å². The second kappa shape index (κ2) is 5.90. The first-order valence-electron chi connectivity index (χ1n) is 4.39. The van der Waals surface area contributed by atoms with E-state index >= 15 is 0 Å². The number of hydrogen-bond donors (Lipinski definition) is 1. The summed E-state index contributed by atoms with van der Waals surface area (Å²) < 4.78 is 0. The van der Waals surface area contributed by atoms with Crippen LogP contribution in [0.1, 0.15) is 33.6 Å². The van der Waals surface area contributed by atoms with Crippen LogP contribution in [-0.4, -0.2) is 24.1 Å². The summed E-state index contributed by atoms with van der Waals surface area (Å²) in [5, 5.41) is 3.31. The van der Waals surface area contributed by atoms with Crippen LogP contribution >= 0.6 is 11.8 Å². The summed E-state index contributed by atoms with van der Waals surface area (Å²) in [6.07, 6.45) is 2.60. The van der Waals surface area contributed by atoms with E-state index in [1.165, 1.54) is 24.3 Å². The second-order valence-electron chi connectivity index (χ2n) is 3.43. The van der Waals surface area contributed by atoms with Gasteiger partial charge in [-0.25, -0.2) is 0 Å². The van der Waals surface area contributed by atoms with Gasteiger partial charge in [0, 0.05) is 5.54 Å². The molecule has 0 spiro atoms. The van der Waals surface area contributed by atoms with E-state index in [1.54, 1.807) is 0 Å². The zero-order valence-corrected chi connectivity index (χ0v) is 9.05. The van der Waals surface area contributed by atoms with Crippen LogP contribution in [0.4, 0.5) is 0 Å². The first-order valence-corrected chi connectivity index (χ1v) is 5.54. The fraction of sp³-hybridized carbons (Fsp3) is 1.00. The van der Waals surface area contributed by atoms with E-state index in [2.05, 4.69) is 26.1 Å². The average molecular weight is 175 g/mol. The van der Waals surface area contributed by atoms with Gasteiger partial charge < -0.3 is 5.32 Å². The maximum Gasteiger partial charge on any atom is 0.0122 e. The van der Waals surface area contributed by atoms with Crippen molar-refractivity contribution >= 4 is 11.8 Å². The normalized spacial score (nSPS) is 12.0. The van der Waals surface area contributed by atoms with Crippen LogP contribution in [0.5, 0.6) is 0 Å². The lowest BCUT2D eigenvalue weighted by Gasteiger charge is -2.23. The highest BCUT2D eigenvalue weighted by Crippen LogP contribution is 2.13. The molecule has 1 N–H and O–H groups in total. The van der Waals surface area contributed by atoms with Crippen molar-refractivity contribution in [2.24, 2.45) is 0 Å². The highest BCUT2D eigenvalue weighted by Gasteiger charge is 2.12. The van der Waals surface area contributed by atoms with E-state index < -0.39 is 0 Å². The minimum absolute atomic E-state index is 0.328. The van der Waals surface area contributed by atoms with Crippen molar-refractivity contribution in [2.45, 2.75) is 39.2 Å². The molecule has 0 amide bonds. The second-order valence-corrected chi connectivity index (χ2v) is 4.83. The maximum absolute atomic E-state index is 3.31. The van der Waals surface area contributed by atoms with Crippen LogP contribution in [0.2, 0.25) is 0 Å². The van der Waals surface area contributed by atoms with E-state index in [0.29, 0.717) is 5.54 Å². The van der Waals surface area contributed by atoms with Crippen LogP contribution in [0.15, 0.2) is 0 Å². The van der Waals surface area contributed by atoms with Crippen LogP contribution in [0.3, 0.4) is 0 Å². The van der Waals surface area contributed by atoms with E-state index in [9.17, 15) is 0 Å². The largest absolute Gasteiger partial charge is 0.315 e. The van der Waals surface area contributed by atoms with Crippen molar-refractivity contribution in [3.8, 4) is 0 Å². The quantitative estimate of drug-likeness (QED) is 0.623. The van der Waals surface area contributed by atoms with E-state index in [4.69, 9.17) is 0 Å². The van der Waals surface area contributed by atoms with Crippen molar-refractivity contribution in [1.29, 1.82) is 0 Å². The summed E-state index contributed by atoms with van der Waals surface area (Å²) in [6.45, 7) is 6.72. The summed E-state index contributed by atoms with van der Waals surface area (Å²) >= 11 is 2.03. The third-order valence-electron chi connectivity index (χ3n) is 1.97. The van der Waals surface area contributed by atoms with Gasteiger partial charge in [0.05, 0.1) is 0 Å². The monoisotopic (exact) mass is 175 g/mol. The predicted molar refractivity (Wildman–Crippen MR) is 55.4 cm³/mol. The van der Waals surface area contributed by atoms with Crippen LogP contribution in [0, 0.1) is 0 Å². The molecule has 0 atom stereocenters. The van der Waals surface area contributed by atoms with Crippen molar-refractivity contribution in [2.75, 3.05) is 18.6 Å². The zero-order chi connectivity index (χ0) is 8.74. The van der Waals surface area contributed by atoms with Crippen molar-refractivity contribution in [3.05, 3.63) is 0 Å². The molecule has 0 fully saturated rings. The number of rotatable bonds is 6. The molecule has 0 aliphatic carbocycles. The molecule has 0 rings (SSSR count). The van der Waals surface area contributed by atoms with Crippen molar-refractivity contribution in [1.82, 2.24) is 5.32 Å². The van der Waals surface area contributed by atoms with Gasteiger partial charge in [-0.15, -0.1) is 0 Å². The van der Waals surface area contributed by atoms with Gasteiger partial charge in [0.15, 0.2) is 0 Å². The van der Waals surface area contributed by atoms with Crippen LogP contribution in [0.25, 0.3) is 0 Å². The zero-order valence-electron chi connectivity index (χ0n) is 8.24. The average Bonchev–Trinajstić information content (AvgIpc) is 1.99. The Kier molecular flexibility index (Phi) is 6.06. The number of nitrogens with one attached hydrogen (secondary N) is 1. The fourth-order valence-corrected chi connectivity index (χ4v) is 1.52. The summed E-state index contributed by atoms with van der Waals surface area (Å²) in [6, 6.07) is 0. The molecule has 11 heavy (non-hydrogen) atoms. The Balaban J connectivity index is 3.23. The lowest BCUT2D eigenvalue weighted by atomic mass is 10.00. The van der Waals surface area contributed by atoms with Gasteiger partial charge in [0.1, 0.15) is 0 Å². The maximum atomic E-state index is 3.31. The minimum atomic E-state index is 0.328. The molecule has 0 aromatic rings. The molecule has 0 saturated heterocycles. The summed E-state index contributed by atoms with van der Waals surface area (Å²) in [5.41, 5.74) is 0.328. The molecule has 0 bridgehead atoms. The van der Waals surface area contributed by atoms with E-state index in [1.807, 2.05) is 18.8 Å². The Morgan fingerprint density at radius 2 is 2.00 bits per heavy atom. The van der Waals surface area contributed by atoms with E-state index in [-0.39, 0.29) is 0 Å². The molecule has 0 aromatic carbocycles. The first-order chi connectivity index (χ1) is 5.12. The Bertz CT molecular complexity index is 91.6. The van der Waals surface area contributed by atoms with Crippen LogP contribution in [-0.2, 0) is 0 Å². The van der Waals surface area contributed by atoms with Gasteiger partial charge in [0.25, 0.3) is 0 Å². The Morgan fingerprint density at radius 3 is 2.45 bits per heavy atom. The van der Waals surface area contributed by atoms with Gasteiger partial charge >= 0.3 is 0 Å². The molecule has 0 radical (unpaired) electrons. The first kappa shape index (κ1) is 11.3. The SMILES string of the molecule is CCSCCCC(C)(C)NC. The Labute approximate surface area is 75.3 Å². The summed E-state index contributed by atoms with van der Waals surface area (Å²) in [7, 11) is 2.03. The molecule has 0 saturated carbocycles. The third-order valence-corrected chi connectivity index (χ3v) is 2.96. The molecular formula is C9H21NS. The molecular weight excluding hydrogens is 154 g/mol. The van der Waals surface area contributed by atoms with Gasteiger partial charge in [-0.05, 0) is 45.2 Å². The molecule has 68 valence electrons. The van der Waals surface area contributed by atoms with Gasteiger partial charge in [-0.3, -0.25) is 0 Å². The number of thioether (sulfide) groups is 1. The molecule has 1 nitrogen and oxygen atoms in total. The Hall–Kier alpha value is 0.310. The fourth-order valence-electron chi connectivity index (χ4n) is 0.886. The Morgan fingerprint density at radius 1 is 1.36 bits per heavy atom.